The van der Waals surface area contributed by atoms with Gasteiger partial charge in [0.25, 0.3) is 0 Å². The molecule has 0 spiro atoms. The van der Waals surface area contributed by atoms with E-state index in [2.05, 4.69) is 10.00 Å². The molecule has 1 aliphatic rings. The number of benzene rings is 1. The third-order valence-electron chi connectivity index (χ3n) is 4.76. The molecule has 1 saturated heterocycles. The van der Waals surface area contributed by atoms with Crippen molar-refractivity contribution in [2.75, 3.05) is 46.4 Å². The first-order valence-corrected chi connectivity index (χ1v) is 9.54. The van der Waals surface area contributed by atoms with Crippen molar-refractivity contribution in [3.63, 3.8) is 0 Å². The summed E-state index contributed by atoms with van der Waals surface area (Å²) < 4.78 is 6.83. The zero-order valence-corrected chi connectivity index (χ0v) is 16.5. The molecule has 1 aromatic carbocycles. The molecule has 0 radical (unpaired) electrons. The highest BCUT2D eigenvalue weighted by Gasteiger charge is 2.24. The van der Waals surface area contributed by atoms with Crippen molar-refractivity contribution in [1.82, 2.24) is 24.5 Å². The van der Waals surface area contributed by atoms with Gasteiger partial charge in [-0.25, -0.2) is 9.48 Å². The molecule has 0 bridgehead atoms. The molecular formula is C20H27N5O3. The molecule has 1 aliphatic heterocycles. The summed E-state index contributed by atoms with van der Waals surface area (Å²) in [4.78, 5) is 29.8. The second kappa shape index (κ2) is 9.36. The van der Waals surface area contributed by atoms with Crippen LogP contribution in [0, 0.1) is 0 Å². The lowest BCUT2D eigenvalue weighted by molar-refractivity contribution is -0.132. The average molecular weight is 385 g/mol. The Morgan fingerprint density at radius 1 is 1.14 bits per heavy atom. The van der Waals surface area contributed by atoms with Gasteiger partial charge in [0.1, 0.15) is 0 Å². The Hall–Kier alpha value is -2.87. The fourth-order valence-electron chi connectivity index (χ4n) is 3.14. The number of carbonyl (C=O) groups is 2. The summed E-state index contributed by atoms with van der Waals surface area (Å²) in [6, 6.07) is 9.87. The minimum absolute atomic E-state index is 0.0528. The number of likely N-dealkylation sites (N-methyl/N-ethyl adjacent to an activating group) is 1. The molecule has 150 valence electrons. The van der Waals surface area contributed by atoms with E-state index in [0.717, 1.165) is 11.3 Å². The molecule has 0 atom stereocenters. The van der Waals surface area contributed by atoms with Crippen LogP contribution in [-0.2, 0) is 16.1 Å². The van der Waals surface area contributed by atoms with Gasteiger partial charge in [0.05, 0.1) is 25.0 Å². The van der Waals surface area contributed by atoms with Crippen LogP contribution < -0.4 is 0 Å². The smallest absolute Gasteiger partial charge is 0.409 e. The van der Waals surface area contributed by atoms with Crippen LogP contribution in [0.25, 0.3) is 5.69 Å². The Balaban J connectivity index is 1.47. The van der Waals surface area contributed by atoms with Crippen molar-refractivity contribution in [1.29, 1.82) is 0 Å². The zero-order chi connectivity index (χ0) is 19.9. The van der Waals surface area contributed by atoms with Gasteiger partial charge in [0.2, 0.25) is 5.91 Å². The number of carbonyl (C=O) groups excluding carboxylic acids is 2. The van der Waals surface area contributed by atoms with Gasteiger partial charge in [0.15, 0.2) is 0 Å². The zero-order valence-electron chi connectivity index (χ0n) is 16.5. The molecule has 2 amide bonds. The average Bonchev–Trinajstić information content (AvgIpc) is 3.18. The fraction of sp³-hybridized carbons (Fsp3) is 0.450. The van der Waals surface area contributed by atoms with E-state index >= 15 is 0 Å². The van der Waals surface area contributed by atoms with Crippen LogP contribution in [0.2, 0.25) is 0 Å². The Bertz CT molecular complexity index is 784. The van der Waals surface area contributed by atoms with Crippen LogP contribution in [-0.4, -0.2) is 82.9 Å². The summed E-state index contributed by atoms with van der Waals surface area (Å²) in [5.74, 6) is 0.0528. The molecule has 3 rings (SSSR count). The molecular weight excluding hydrogens is 358 g/mol. The van der Waals surface area contributed by atoms with E-state index in [9.17, 15) is 9.59 Å². The maximum absolute atomic E-state index is 12.6. The van der Waals surface area contributed by atoms with Crippen molar-refractivity contribution in [2.24, 2.45) is 0 Å². The number of aromatic nitrogens is 2. The largest absolute Gasteiger partial charge is 0.450 e. The van der Waals surface area contributed by atoms with Crippen LogP contribution in [0.3, 0.4) is 0 Å². The lowest BCUT2D eigenvalue weighted by atomic mass is 10.3. The highest BCUT2D eigenvalue weighted by molar-refractivity contribution is 5.78. The maximum atomic E-state index is 12.6. The van der Waals surface area contributed by atoms with Crippen LogP contribution in [0.1, 0.15) is 12.5 Å². The molecule has 2 heterocycles. The molecule has 2 aromatic rings. The molecule has 0 aliphatic carbocycles. The summed E-state index contributed by atoms with van der Waals surface area (Å²) in [6.07, 6.45) is 3.45. The van der Waals surface area contributed by atoms with Crippen molar-refractivity contribution in [2.45, 2.75) is 13.5 Å². The van der Waals surface area contributed by atoms with E-state index in [0.29, 0.717) is 45.9 Å². The monoisotopic (exact) mass is 385 g/mol. The SMILES string of the molecule is CCOC(=O)N1CCN(CC(=O)N(C)Cc2cnn(-c3ccccc3)c2)CC1. The molecule has 0 saturated carbocycles. The van der Waals surface area contributed by atoms with Crippen LogP contribution in [0.5, 0.6) is 0 Å². The Morgan fingerprint density at radius 2 is 1.86 bits per heavy atom. The lowest BCUT2D eigenvalue weighted by Crippen LogP contribution is -2.51. The molecule has 1 fully saturated rings. The van der Waals surface area contributed by atoms with E-state index in [1.54, 1.807) is 30.0 Å². The van der Waals surface area contributed by atoms with Crippen LogP contribution in [0.15, 0.2) is 42.7 Å². The van der Waals surface area contributed by atoms with E-state index in [1.807, 2.05) is 41.2 Å². The number of rotatable bonds is 6. The van der Waals surface area contributed by atoms with Gasteiger partial charge in [-0.3, -0.25) is 9.69 Å². The maximum Gasteiger partial charge on any atom is 0.409 e. The summed E-state index contributed by atoms with van der Waals surface area (Å²) in [7, 11) is 1.80. The third-order valence-corrected chi connectivity index (χ3v) is 4.76. The van der Waals surface area contributed by atoms with Crippen LogP contribution in [0.4, 0.5) is 4.79 Å². The lowest BCUT2D eigenvalue weighted by Gasteiger charge is -2.34. The van der Waals surface area contributed by atoms with Gasteiger partial charge < -0.3 is 14.5 Å². The van der Waals surface area contributed by atoms with Gasteiger partial charge in [-0.05, 0) is 19.1 Å². The molecule has 0 unspecified atom stereocenters. The van der Waals surface area contributed by atoms with Gasteiger partial charge in [-0.2, -0.15) is 5.10 Å². The van der Waals surface area contributed by atoms with E-state index in [-0.39, 0.29) is 12.0 Å². The standard InChI is InChI=1S/C20H27N5O3/c1-3-28-20(27)24-11-9-23(10-12-24)16-19(26)22(2)14-17-13-21-25(15-17)18-7-5-4-6-8-18/h4-8,13,15H,3,9-12,14,16H2,1-2H3. The molecule has 8 heteroatoms. The summed E-state index contributed by atoms with van der Waals surface area (Å²) in [6.45, 7) is 5.54. The number of nitrogens with zero attached hydrogens (tertiary/aromatic N) is 5. The number of hydrogen-bond acceptors (Lipinski definition) is 5. The van der Waals surface area contributed by atoms with E-state index in [1.165, 1.54) is 0 Å². The molecule has 1 aromatic heterocycles. The minimum Gasteiger partial charge on any atom is -0.450 e. The molecule has 28 heavy (non-hydrogen) atoms. The number of amides is 2. The number of para-hydroxylation sites is 1. The van der Waals surface area contributed by atoms with E-state index in [4.69, 9.17) is 4.74 Å². The highest BCUT2D eigenvalue weighted by atomic mass is 16.6. The minimum atomic E-state index is -0.277. The van der Waals surface area contributed by atoms with Gasteiger partial charge in [-0.15, -0.1) is 0 Å². The first kappa shape index (κ1) is 19.9. The van der Waals surface area contributed by atoms with E-state index < -0.39 is 0 Å². The summed E-state index contributed by atoms with van der Waals surface area (Å²) in [5.41, 5.74) is 1.97. The van der Waals surface area contributed by atoms with Gasteiger partial charge in [0, 0.05) is 51.5 Å². The van der Waals surface area contributed by atoms with Gasteiger partial charge >= 0.3 is 6.09 Å². The predicted molar refractivity (Wildman–Crippen MR) is 105 cm³/mol. The normalized spacial score (nSPS) is 14.7. The number of hydrogen-bond donors (Lipinski definition) is 0. The first-order chi connectivity index (χ1) is 13.6. The van der Waals surface area contributed by atoms with Gasteiger partial charge in [-0.1, -0.05) is 18.2 Å². The Labute approximate surface area is 165 Å². The highest BCUT2D eigenvalue weighted by Crippen LogP contribution is 2.10. The molecule has 8 nitrogen and oxygen atoms in total. The van der Waals surface area contributed by atoms with Crippen LogP contribution >= 0.6 is 0 Å². The second-order valence-corrected chi connectivity index (χ2v) is 6.84. The second-order valence-electron chi connectivity index (χ2n) is 6.84. The third kappa shape index (κ3) is 5.10. The number of piperazine rings is 1. The summed E-state index contributed by atoms with van der Waals surface area (Å²) in [5, 5.41) is 4.37. The Kier molecular flexibility index (Phi) is 6.65. The fourth-order valence-corrected chi connectivity index (χ4v) is 3.14. The molecule has 0 N–H and O–H groups in total. The number of ether oxygens (including phenoxy) is 1. The first-order valence-electron chi connectivity index (χ1n) is 9.54. The summed E-state index contributed by atoms with van der Waals surface area (Å²) >= 11 is 0. The van der Waals surface area contributed by atoms with Crippen molar-refractivity contribution >= 4 is 12.0 Å². The van der Waals surface area contributed by atoms with Crippen molar-refractivity contribution < 1.29 is 14.3 Å². The van der Waals surface area contributed by atoms with Crippen molar-refractivity contribution in [3.05, 3.63) is 48.3 Å². The Morgan fingerprint density at radius 3 is 2.54 bits per heavy atom. The quantitative estimate of drug-likeness (QED) is 0.755. The van der Waals surface area contributed by atoms with Crippen molar-refractivity contribution in [3.8, 4) is 5.69 Å². The topological polar surface area (TPSA) is 70.9 Å². The predicted octanol–water partition coefficient (Wildman–Crippen LogP) is 1.60.